The molecule has 2 rings (SSSR count). The molecule has 1 aliphatic heterocycles. The molecule has 0 fully saturated rings. The Balaban J connectivity index is 2.03. The first kappa shape index (κ1) is 15.9. The molecule has 0 saturated heterocycles. The lowest BCUT2D eigenvalue weighted by Gasteiger charge is -2.14. The van der Waals surface area contributed by atoms with Crippen molar-refractivity contribution in [1.82, 2.24) is 10.6 Å². The first-order valence-corrected chi connectivity index (χ1v) is 8.17. The third kappa shape index (κ3) is 4.47. The lowest BCUT2D eigenvalue weighted by molar-refractivity contribution is -0.115. The number of likely N-dealkylation sites (N-methyl/N-ethyl adjacent to an activating group) is 1. The standard InChI is InChI=1S/C15H21N3O2S/c1-3-16-10(2)9-17-15(20)11-4-5-13-12(8-11)18-14(19)6-7-21-13/h4-5,8,10,16H,3,6-7,9H2,1-2H3,(H,17,20)(H,18,19)/t10-/m1/s1. The second-order valence-electron chi connectivity index (χ2n) is 5.03. The lowest BCUT2D eigenvalue weighted by atomic mass is 10.1. The number of carbonyl (C=O) groups is 2. The zero-order valence-corrected chi connectivity index (χ0v) is 13.2. The Labute approximate surface area is 129 Å². The number of fused-ring (bicyclic) bond motifs is 1. The van der Waals surface area contributed by atoms with Crippen LogP contribution in [-0.2, 0) is 4.79 Å². The molecule has 0 aliphatic carbocycles. The average molecular weight is 307 g/mol. The second-order valence-corrected chi connectivity index (χ2v) is 6.16. The molecule has 0 aromatic heterocycles. The maximum absolute atomic E-state index is 12.1. The van der Waals surface area contributed by atoms with Gasteiger partial charge in [-0.05, 0) is 31.7 Å². The summed E-state index contributed by atoms with van der Waals surface area (Å²) in [7, 11) is 0. The number of rotatable bonds is 5. The van der Waals surface area contributed by atoms with Crippen LogP contribution in [0.5, 0.6) is 0 Å². The summed E-state index contributed by atoms with van der Waals surface area (Å²) in [4.78, 5) is 24.7. The first-order chi connectivity index (χ1) is 10.1. The van der Waals surface area contributed by atoms with E-state index in [2.05, 4.69) is 16.0 Å². The molecular formula is C15H21N3O2S. The number of carbonyl (C=O) groups excluding carboxylic acids is 2. The number of anilines is 1. The Bertz CT molecular complexity index is 534. The van der Waals surface area contributed by atoms with Crippen molar-refractivity contribution in [2.75, 3.05) is 24.2 Å². The fourth-order valence-corrected chi connectivity index (χ4v) is 3.07. The molecule has 114 valence electrons. The molecule has 5 nitrogen and oxygen atoms in total. The highest BCUT2D eigenvalue weighted by Crippen LogP contribution is 2.31. The summed E-state index contributed by atoms with van der Waals surface area (Å²) in [6.45, 7) is 5.51. The Morgan fingerprint density at radius 3 is 3.05 bits per heavy atom. The molecule has 1 heterocycles. The first-order valence-electron chi connectivity index (χ1n) is 7.18. The summed E-state index contributed by atoms with van der Waals surface area (Å²) >= 11 is 1.63. The molecule has 1 atom stereocenters. The predicted molar refractivity (Wildman–Crippen MR) is 85.9 cm³/mol. The van der Waals surface area contributed by atoms with E-state index in [1.165, 1.54) is 0 Å². The van der Waals surface area contributed by atoms with Crippen LogP contribution in [0, 0.1) is 0 Å². The number of hydrogen-bond acceptors (Lipinski definition) is 4. The number of benzene rings is 1. The van der Waals surface area contributed by atoms with Gasteiger partial charge in [-0.15, -0.1) is 11.8 Å². The Morgan fingerprint density at radius 2 is 2.29 bits per heavy atom. The maximum Gasteiger partial charge on any atom is 0.251 e. The van der Waals surface area contributed by atoms with Gasteiger partial charge in [0.05, 0.1) is 5.69 Å². The molecule has 21 heavy (non-hydrogen) atoms. The molecule has 1 aromatic carbocycles. The minimum absolute atomic E-state index is 0.000392. The van der Waals surface area contributed by atoms with Crippen molar-refractivity contribution in [3.05, 3.63) is 23.8 Å². The van der Waals surface area contributed by atoms with Crippen molar-refractivity contribution in [3.8, 4) is 0 Å². The summed E-state index contributed by atoms with van der Waals surface area (Å²) in [5, 5.41) is 8.99. The molecule has 0 unspecified atom stereocenters. The van der Waals surface area contributed by atoms with E-state index in [0.717, 1.165) is 22.9 Å². The highest BCUT2D eigenvalue weighted by Gasteiger charge is 2.15. The lowest BCUT2D eigenvalue weighted by Crippen LogP contribution is -2.38. The monoisotopic (exact) mass is 307 g/mol. The SMILES string of the molecule is CCN[C@H](C)CNC(=O)c1ccc2c(c1)NC(=O)CCS2. The topological polar surface area (TPSA) is 70.2 Å². The molecule has 0 radical (unpaired) electrons. The Kier molecular flexibility index (Phi) is 5.64. The van der Waals surface area contributed by atoms with Crippen molar-refractivity contribution in [1.29, 1.82) is 0 Å². The molecule has 6 heteroatoms. The van der Waals surface area contributed by atoms with Gasteiger partial charge < -0.3 is 16.0 Å². The number of nitrogens with one attached hydrogen (secondary N) is 3. The van der Waals surface area contributed by atoms with Crippen molar-refractivity contribution in [2.24, 2.45) is 0 Å². The van der Waals surface area contributed by atoms with E-state index < -0.39 is 0 Å². The van der Waals surface area contributed by atoms with E-state index in [-0.39, 0.29) is 17.9 Å². The van der Waals surface area contributed by atoms with Crippen LogP contribution in [0.3, 0.4) is 0 Å². The van der Waals surface area contributed by atoms with Crippen LogP contribution in [0.15, 0.2) is 23.1 Å². The number of thioether (sulfide) groups is 1. The molecule has 3 N–H and O–H groups in total. The van der Waals surface area contributed by atoms with E-state index in [4.69, 9.17) is 0 Å². The quantitative estimate of drug-likeness (QED) is 0.776. The van der Waals surface area contributed by atoms with Gasteiger partial charge in [0, 0.05) is 35.2 Å². The summed E-state index contributed by atoms with van der Waals surface area (Å²) in [5.74, 6) is 0.649. The van der Waals surface area contributed by atoms with Crippen LogP contribution >= 0.6 is 11.8 Å². The van der Waals surface area contributed by atoms with E-state index in [0.29, 0.717) is 18.5 Å². The van der Waals surface area contributed by atoms with Gasteiger partial charge in [0.25, 0.3) is 5.91 Å². The van der Waals surface area contributed by atoms with Crippen LogP contribution in [-0.4, -0.2) is 36.7 Å². The van der Waals surface area contributed by atoms with Crippen molar-refractivity contribution in [2.45, 2.75) is 31.2 Å². The van der Waals surface area contributed by atoms with E-state index in [9.17, 15) is 9.59 Å². The van der Waals surface area contributed by atoms with Gasteiger partial charge in [-0.2, -0.15) is 0 Å². The molecule has 1 aromatic rings. The summed E-state index contributed by atoms with van der Waals surface area (Å²) in [6, 6.07) is 5.68. The Morgan fingerprint density at radius 1 is 1.48 bits per heavy atom. The molecule has 0 bridgehead atoms. The summed E-state index contributed by atoms with van der Waals surface area (Å²) in [5.41, 5.74) is 1.30. The molecule has 1 aliphatic rings. The zero-order chi connectivity index (χ0) is 15.2. The number of hydrogen-bond donors (Lipinski definition) is 3. The predicted octanol–water partition coefficient (Wildman–Crippen LogP) is 1.85. The van der Waals surface area contributed by atoms with Crippen LogP contribution in [0.2, 0.25) is 0 Å². The third-order valence-electron chi connectivity index (χ3n) is 3.22. The normalized spacial score (nSPS) is 15.6. The highest BCUT2D eigenvalue weighted by atomic mass is 32.2. The van der Waals surface area contributed by atoms with Crippen LogP contribution in [0.1, 0.15) is 30.6 Å². The maximum atomic E-state index is 12.1. The van der Waals surface area contributed by atoms with Gasteiger partial charge in [-0.25, -0.2) is 0 Å². The van der Waals surface area contributed by atoms with Crippen molar-refractivity contribution < 1.29 is 9.59 Å². The van der Waals surface area contributed by atoms with E-state index in [1.807, 2.05) is 19.9 Å². The van der Waals surface area contributed by atoms with Gasteiger partial charge in [0.15, 0.2) is 0 Å². The number of amides is 2. The largest absolute Gasteiger partial charge is 0.350 e. The van der Waals surface area contributed by atoms with Crippen LogP contribution < -0.4 is 16.0 Å². The minimum Gasteiger partial charge on any atom is -0.350 e. The van der Waals surface area contributed by atoms with E-state index in [1.54, 1.807) is 23.9 Å². The van der Waals surface area contributed by atoms with Gasteiger partial charge in [0.2, 0.25) is 5.91 Å². The Hall–Kier alpha value is -1.53. The fraction of sp³-hybridized carbons (Fsp3) is 0.467. The van der Waals surface area contributed by atoms with Gasteiger partial charge >= 0.3 is 0 Å². The summed E-state index contributed by atoms with van der Waals surface area (Å²) < 4.78 is 0. The zero-order valence-electron chi connectivity index (χ0n) is 12.4. The molecular weight excluding hydrogens is 286 g/mol. The van der Waals surface area contributed by atoms with Gasteiger partial charge in [-0.3, -0.25) is 9.59 Å². The third-order valence-corrected chi connectivity index (χ3v) is 4.30. The van der Waals surface area contributed by atoms with Gasteiger partial charge in [0.1, 0.15) is 0 Å². The van der Waals surface area contributed by atoms with Crippen LogP contribution in [0.4, 0.5) is 5.69 Å². The van der Waals surface area contributed by atoms with Crippen molar-refractivity contribution >= 4 is 29.3 Å². The van der Waals surface area contributed by atoms with E-state index >= 15 is 0 Å². The minimum atomic E-state index is -0.119. The molecule has 0 spiro atoms. The second kappa shape index (κ2) is 7.47. The smallest absolute Gasteiger partial charge is 0.251 e. The summed E-state index contributed by atoms with van der Waals surface area (Å²) in [6.07, 6.45) is 0.501. The molecule has 2 amide bonds. The van der Waals surface area contributed by atoms with Gasteiger partial charge in [-0.1, -0.05) is 6.92 Å². The van der Waals surface area contributed by atoms with Crippen molar-refractivity contribution in [3.63, 3.8) is 0 Å². The van der Waals surface area contributed by atoms with Crippen LogP contribution in [0.25, 0.3) is 0 Å². The average Bonchev–Trinajstić information content (AvgIpc) is 2.64. The highest BCUT2D eigenvalue weighted by molar-refractivity contribution is 7.99. The fourth-order valence-electron chi connectivity index (χ4n) is 2.13. The molecule has 0 saturated carbocycles.